The zero-order valence-electron chi connectivity index (χ0n) is 7.77. The fourth-order valence-corrected chi connectivity index (χ4v) is 1.41. The lowest BCUT2D eigenvalue weighted by atomic mass is 10.3. The molecular weight excluding hydrogens is 178 g/mol. The van der Waals surface area contributed by atoms with Crippen LogP contribution in [0.3, 0.4) is 0 Å². The third-order valence-electron chi connectivity index (χ3n) is 2.17. The molecule has 1 aliphatic rings. The second-order valence-corrected chi connectivity index (χ2v) is 3.12. The number of hydrogen-bond acceptors (Lipinski definition) is 5. The van der Waals surface area contributed by atoms with Gasteiger partial charge in [-0.1, -0.05) is 0 Å². The van der Waals surface area contributed by atoms with Gasteiger partial charge in [0.15, 0.2) is 0 Å². The lowest BCUT2D eigenvalue weighted by Gasteiger charge is -2.27. The van der Waals surface area contributed by atoms with E-state index in [0.717, 1.165) is 26.2 Å². The van der Waals surface area contributed by atoms with Crippen molar-refractivity contribution in [3.05, 3.63) is 18.0 Å². The summed E-state index contributed by atoms with van der Waals surface area (Å²) in [5.74, 6) is 0.713. The molecule has 1 saturated heterocycles. The molecule has 0 bridgehead atoms. The molecule has 0 aromatic carbocycles. The third-order valence-corrected chi connectivity index (χ3v) is 2.17. The van der Waals surface area contributed by atoms with Gasteiger partial charge < -0.3 is 10.2 Å². The molecule has 2 heterocycles. The van der Waals surface area contributed by atoms with Crippen molar-refractivity contribution in [1.82, 2.24) is 15.3 Å². The summed E-state index contributed by atoms with van der Waals surface area (Å²) < 4.78 is 0. The molecular formula is C9H11N5. The summed E-state index contributed by atoms with van der Waals surface area (Å²) in [4.78, 5) is 10.4. The Morgan fingerprint density at radius 1 is 1.29 bits per heavy atom. The van der Waals surface area contributed by atoms with Crippen LogP contribution in [0.4, 0.5) is 5.95 Å². The number of hydrogen-bond donors (Lipinski definition) is 1. The summed E-state index contributed by atoms with van der Waals surface area (Å²) in [6.07, 6.45) is 3.12. The molecule has 1 N–H and O–H groups in total. The number of piperazine rings is 1. The minimum atomic E-state index is 0.504. The number of nitriles is 1. The highest BCUT2D eigenvalue weighted by Crippen LogP contribution is 2.06. The zero-order valence-corrected chi connectivity index (χ0v) is 7.77. The number of aromatic nitrogens is 2. The van der Waals surface area contributed by atoms with Crippen molar-refractivity contribution in [2.45, 2.75) is 0 Å². The summed E-state index contributed by atoms with van der Waals surface area (Å²) in [5.41, 5.74) is 0.504. The number of nitrogens with one attached hydrogen (secondary N) is 1. The summed E-state index contributed by atoms with van der Waals surface area (Å²) in [6, 6.07) is 2.00. The van der Waals surface area contributed by atoms with Gasteiger partial charge in [-0.3, -0.25) is 0 Å². The summed E-state index contributed by atoms with van der Waals surface area (Å²) in [6.45, 7) is 3.77. The number of nitrogens with zero attached hydrogens (tertiary/aromatic N) is 4. The first-order valence-electron chi connectivity index (χ1n) is 4.58. The van der Waals surface area contributed by atoms with E-state index in [9.17, 15) is 0 Å². The Bertz CT molecular complexity index is 333. The molecule has 1 aliphatic heterocycles. The van der Waals surface area contributed by atoms with Crippen molar-refractivity contribution in [2.24, 2.45) is 0 Å². The summed E-state index contributed by atoms with van der Waals surface area (Å²) in [5, 5.41) is 11.8. The molecule has 0 spiro atoms. The lowest BCUT2D eigenvalue weighted by molar-refractivity contribution is 0.579. The van der Waals surface area contributed by atoms with Crippen LogP contribution < -0.4 is 10.2 Å². The molecule has 0 aliphatic carbocycles. The van der Waals surface area contributed by atoms with Gasteiger partial charge >= 0.3 is 0 Å². The first-order valence-corrected chi connectivity index (χ1v) is 4.58. The van der Waals surface area contributed by atoms with Crippen molar-refractivity contribution < 1.29 is 0 Å². The molecule has 1 fully saturated rings. The molecule has 0 radical (unpaired) electrons. The summed E-state index contributed by atoms with van der Waals surface area (Å²) in [7, 11) is 0. The van der Waals surface area contributed by atoms with Crippen molar-refractivity contribution in [2.75, 3.05) is 31.1 Å². The van der Waals surface area contributed by atoms with Gasteiger partial charge in [-0.05, 0) is 0 Å². The lowest BCUT2D eigenvalue weighted by Crippen LogP contribution is -2.44. The first-order chi connectivity index (χ1) is 6.90. The minimum Gasteiger partial charge on any atom is -0.338 e. The molecule has 72 valence electrons. The SMILES string of the molecule is N#Cc1cnc(N2CCNCC2)nc1. The highest BCUT2D eigenvalue weighted by Gasteiger charge is 2.12. The normalized spacial score (nSPS) is 16.4. The van der Waals surface area contributed by atoms with E-state index in [-0.39, 0.29) is 0 Å². The van der Waals surface area contributed by atoms with Crippen LogP contribution in [-0.4, -0.2) is 36.1 Å². The molecule has 5 heteroatoms. The van der Waals surface area contributed by atoms with Gasteiger partial charge in [-0.25, -0.2) is 9.97 Å². The standard InChI is InChI=1S/C9H11N5/c10-5-8-6-12-9(13-7-8)14-3-1-11-2-4-14/h6-7,11H,1-4H2. The molecule has 0 atom stereocenters. The first kappa shape index (κ1) is 8.91. The molecule has 1 aromatic heterocycles. The molecule has 1 aromatic rings. The van der Waals surface area contributed by atoms with E-state index >= 15 is 0 Å². The number of rotatable bonds is 1. The minimum absolute atomic E-state index is 0.504. The predicted molar refractivity (Wildman–Crippen MR) is 51.8 cm³/mol. The smallest absolute Gasteiger partial charge is 0.225 e. The van der Waals surface area contributed by atoms with Crippen LogP contribution in [0.25, 0.3) is 0 Å². The van der Waals surface area contributed by atoms with Gasteiger partial charge in [0.2, 0.25) is 5.95 Å². The second kappa shape index (κ2) is 4.03. The van der Waals surface area contributed by atoms with E-state index < -0.39 is 0 Å². The van der Waals surface area contributed by atoms with Gasteiger partial charge in [0, 0.05) is 26.2 Å². The van der Waals surface area contributed by atoms with Crippen molar-refractivity contribution >= 4 is 5.95 Å². The van der Waals surface area contributed by atoms with Crippen LogP contribution >= 0.6 is 0 Å². The van der Waals surface area contributed by atoms with Crippen molar-refractivity contribution in [1.29, 1.82) is 5.26 Å². The molecule has 14 heavy (non-hydrogen) atoms. The van der Waals surface area contributed by atoms with Crippen LogP contribution in [0.5, 0.6) is 0 Å². The second-order valence-electron chi connectivity index (χ2n) is 3.12. The van der Waals surface area contributed by atoms with Gasteiger partial charge in [-0.2, -0.15) is 5.26 Å². The maximum absolute atomic E-state index is 8.59. The summed E-state index contributed by atoms with van der Waals surface area (Å²) >= 11 is 0. The van der Waals surface area contributed by atoms with Crippen molar-refractivity contribution in [3.63, 3.8) is 0 Å². The van der Waals surface area contributed by atoms with E-state index in [1.165, 1.54) is 0 Å². The van der Waals surface area contributed by atoms with Crippen LogP contribution in [0, 0.1) is 11.3 Å². The highest BCUT2D eigenvalue weighted by atomic mass is 15.3. The zero-order chi connectivity index (χ0) is 9.80. The van der Waals surface area contributed by atoms with E-state index in [1.807, 2.05) is 6.07 Å². The largest absolute Gasteiger partial charge is 0.338 e. The van der Waals surface area contributed by atoms with E-state index in [2.05, 4.69) is 20.2 Å². The van der Waals surface area contributed by atoms with Crippen LogP contribution in [0.1, 0.15) is 5.56 Å². The van der Waals surface area contributed by atoms with E-state index in [4.69, 9.17) is 5.26 Å². The van der Waals surface area contributed by atoms with Gasteiger partial charge in [0.1, 0.15) is 6.07 Å². The Morgan fingerprint density at radius 3 is 2.50 bits per heavy atom. The third kappa shape index (κ3) is 1.80. The van der Waals surface area contributed by atoms with Crippen LogP contribution in [-0.2, 0) is 0 Å². The maximum atomic E-state index is 8.59. The Hall–Kier alpha value is -1.67. The topological polar surface area (TPSA) is 64.8 Å². The Balaban J connectivity index is 2.12. The fourth-order valence-electron chi connectivity index (χ4n) is 1.41. The van der Waals surface area contributed by atoms with E-state index in [0.29, 0.717) is 11.5 Å². The monoisotopic (exact) mass is 189 g/mol. The van der Waals surface area contributed by atoms with Gasteiger partial charge in [0.25, 0.3) is 0 Å². The van der Waals surface area contributed by atoms with Gasteiger partial charge in [0.05, 0.1) is 18.0 Å². The van der Waals surface area contributed by atoms with Gasteiger partial charge in [-0.15, -0.1) is 0 Å². The van der Waals surface area contributed by atoms with E-state index in [1.54, 1.807) is 12.4 Å². The highest BCUT2D eigenvalue weighted by molar-refractivity contribution is 5.33. The molecule has 5 nitrogen and oxygen atoms in total. The fraction of sp³-hybridized carbons (Fsp3) is 0.444. The van der Waals surface area contributed by atoms with Crippen LogP contribution in [0.2, 0.25) is 0 Å². The average molecular weight is 189 g/mol. The quantitative estimate of drug-likeness (QED) is 0.660. The molecule has 0 amide bonds. The Labute approximate surface area is 82.4 Å². The molecule has 0 saturated carbocycles. The Kier molecular flexibility index (Phi) is 2.56. The van der Waals surface area contributed by atoms with Crippen molar-refractivity contribution in [3.8, 4) is 6.07 Å². The maximum Gasteiger partial charge on any atom is 0.225 e. The molecule has 0 unspecified atom stereocenters. The predicted octanol–water partition coefficient (Wildman–Crippen LogP) is -0.242. The van der Waals surface area contributed by atoms with Crippen LogP contribution in [0.15, 0.2) is 12.4 Å². The number of anilines is 1. The molecule has 2 rings (SSSR count). The average Bonchev–Trinajstić information content (AvgIpc) is 2.30. The Morgan fingerprint density at radius 2 is 1.93 bits per heavy atom.